The summed E-state index contributed by atoms with van der Waals surface area (Å²) in [5.41, 5.74) is -0.643. The summed E-state index contributed by atoms with van der Waals surface area (Å²) in [7, 11) is 0. The number of halogens is 4. The number of hydrogen-bond donors (Lipinski definition) is 0. The zero-order chi connectivity index (χ0) is 14.0. The highest BCUT2D eigenvalue weighted by atomic mass is 19.4. The van der Waals surface area contributed by atoms with Gasteiger partial charge in [0.05, 0.1) is 11.8 Å². The van der Waals surface area contributed by atoms with Crippen LogP contribution in [0.2, 0.25) is 0 Å². The van der Waals surface area contributed by atoms with E-state index in [1.54, 1.807) is 0 Å². The Balaban J connectivity index is 2.56. The van der Waals surface area contributed by atoms with Gasteiger partial charge in [0.1, 0.15) is 5.82 Å². The summed E-state index contributed by atoms with van der Waals surface area (Å²) in [6, 6.07) is 3.80. The lowest BCUT2D eigenvalue weighted by atomic mass is 9.99. The Morgan fingerprint density at radius 1 is 1.11 bits per heavy atom. The van der Waals surface area contributed by atoms with Crippen LogP contribution in [0.5, 0.6) is 0 Å². The molecule has 0 saturated heterocycles. The molecule has 0 unspecified atom stereocenters. The Morgan fingerprint density at radius 3 is 2.42 bits per heavy atom. The molecule has 0 spiro atoms. The second-order valence-electron chi connectivity index (χ2n) is 3.81. The molecule has 0 aliphatic rings. The third-order valence-electron chi connectivity index (χ3n) is 2.52. The molecule has 6 heteroatoms. The van der Waals surface area contributed by atoms with Gasteiger partial charge in [0.15, 0.2) is 6.29 Å². The minimum atomic E-state index is -4.53. The minimum Gasteiger partial charge on any atom is -0.298 e. The van der Waals surface area contributed by atoms with E-state index in [4.69, 9.17) is 0 Å². The van der Waals surface area contributed by atoms with E-state index in [2.05, 4.69) is 4.98 Å². The topological polar surface area (TPSA) is 30.0 Å². The predicted octanol–water partition coefficient (Wildman–Crippen LogP) is 3.72. The number of aromatic nitrogens is 1. The van der Waals surface area contributed by atoms with Crippen LogP contribution in [0.1, 0.15) is 15.9 Å². The maximum absolute atomic E-state index is 13.0. The quantitative estimate of drug-likeness (QED) is 0.614. The highest BCUT2D eigenvalue weighted by Gasteiger charge is 2.31. The molecule has 0 atom stereocenters. The first kappa shape index (κ1) is 13.2. The van der Waals surface area contributed by atoms with Crippen LogP contribution >= 0.6 is 0 Å². The summed E-state index contributed by atoms with van der Waals surface area (Å²) >= 11 is 0. The summed E-state index contributed by atoms with van der Waals surface area (Å²) in [6.07, 6.45) is -1.99. The second-order valence-corrected chi connectivity index (χ2v) is 3.81. The standard InChI is InChI=1S/C13H7F4NO/c14-11-4-8(5-18-6-11)12-2-1-10(13(15,16)17)3-9(12)7-19/h1-7H. The zero-order valence-electron chi connectivity index (χ0n) is 9.41. The zero-order valence-corrected chi connectivity index (χ0v) is 9.41. The number of carbonyl (C=O) groups is 1. The first-order valence-electron chi connectivity index (χ1n) is 5.19. The molecule has 0 bridgehead atoms. The average molecular weight is 269 g/mol. The van der Waals surface area contributed by atoms with E-state index in [9.17, 15) is 22.4 Å². The second kappa shape index (κ2) is 4.79. The van der Waals surface area contributed by atoms with Gasteiger partial charge in [-0.3, -0.25) is 9.78 Å². The molecule has 0 radical (unpaired) electrons. The van der Waals surface area contributed by atoms with Gasteiger partial charge >= 0.3 is 6.18 Å². The summed E-state index contributed by atoms with van der Waals surface area (Å²) in [6.45, 7) is 0. The average Bonchev–Trinajstić information content (AvgIpc) is 2.37. The molecule has 2 rings (SSSR count). The number of carbonyl (C=O) groups excluding carboxylic acids is 1. The summed E-state index contributed by atoms with van der Waals surface area (Å²) in [4.78, 5) is 14.5. The number of benzene rings is 1. The number of hydrogen-bond acceptors (Lipinski definition) is 2. The number of aldehydes is 1. The van der Waals surface area contributed by atoms with E-state index in [1.807, 2.05) is 0 Å². The van der Waals surface area contributed by atoms with Crippen LogP contribution in [-0.4, -0.2) is 11.3 Å². The van der Waals surface area contributed by atoms with Gasteiger partial charge in [-0.15, -0.1) is 0 Å². The van der Waals surface area contributed by atoms with Crippen molar-refractivity contribution in [2.45, 2.75) is 6.18 Å². The Bertz CT molecular complexity index is 622. The third kappa shape index (κ3) is 2.78. The normalized spacial score (nSPS) is 11.4. The number of pyridine rings is 1. The molecule has 0 aliphatic heterocycles. The monoisotopic (exact) mass is 269 g/mol. The van der Waals surface area contributed by atoms with E-state index in [0.717, 1.165) is 30.5 Å². The van der Waals surface area contributed by atoms with Crippen LogP contribution in [0, 0.1) is 5.82 Å². The molecule has 0 fully saturated rings. The molecule has 98 valence electrons. The van der Waals surface area contributed by atoms with Gasteiger partial charge in [-0.2, -0.15) is 13.2 Å². The highest BCUT2D eigenvalue weighted by Crippen LogP contribution is 2.32. The Morgan fingerprint density at radius 2 is 1.84 bits per heavy atom. The maximum Gasteiger partial charge on any atom is 0.416 e. The predicted molar refractivity (Wildman–Crippen MR) is 60.0 cm³/mol. The van der Waals surface area contributed by atoms with Gasteiger partial charge in [0.2, 0.25) is 0 Å². The van der Waals surface area contributed by atoms with Gasteiger partial charge in [0.25, 0.3) is 0 Å². The molecule has 0 aliphatic carbocycles. The van der Waals surface area contributed by atoms with Crippen molar-refractivity contribution in [2.75, 3.05) is 0 Å². The summed E-state index contributed by atoms with van der Waals surface area (Å²) in [5, 5.41) is 0. The molecule has 0 saturated carbocycles. The van der Waals surface area contributed by atoms with Gasteiger partial charge in [-0.25, -0.2) is 4.39 Å². The lowest BCUT2D eigenvalue weighted by Crippen LogP contribution is -2.06. The number of nitrogens with zero attached hydrogens (tertiary/aromatic N) is 1. The van der Waals surface area contributed by atoms with Gasteiger partial charge < -0.3 is 0 Å². The van der Waals surface area contributed by atoms with Crippen LogP contribution in [0.3, 0.4) is 0 Å². The SMILES string of the molecule is O=Cc1cc(C(F)(F)F)ccc1-c1cncc(F)c1. The Labute approximate surface area is 105 Å². The van der Waals surface area contributed by atoms with Crippen LogP contribution in [0.4, 0.5) is 17.6 Å². The highest BCUT2D eigenvalue weighted by molar-refractivity contribution is 5.87. The van der Waals surface area contributed by atoms with E-state index >= 15 is 0 Å². The minimum absolute atomic E-state index is 0.165. The molecule has 1 aromatic carbocycles. The number of rotatable bonds is 2. The summed E-state index contributed by atoms with van der Waals surface area (Å²) in [5.74, 6) is -0.630. The molecule has 2 aromatic rings. The molecule has 0 N–H and O–H groups in total. The molecule has 2 nitrogen and oxygen atoms in total. The molecule has 1 heterocycles. The Kier molecular flexibility index (Phi) is 3.33. The van der Waals surface area contributed by atoms with Crippen LogP contribution in [0.15, 0.2) is 36.7 Å². The third-order valence-corrected chi connectivity index (χ3v) is 2.52. The van der Waals surface area contributed by atoms with Crippen molar-refractivity contribution in [3.63, 3.8) is 0 Å². The van der Waals surface area contributed by atoms with E-state index in [1.165, 1.54) is 6.20 Å². The van der Waals surface area contributed by atoms with E-state index < -0.39 is 17.6 Å². The maximum atomic E-state index is 13.0. The van der Waals surface area contributed by atoms with Crippen molar-refractivity contribution in [3.05, 3.63) is 53.6 Å². The van der Waals surface area contributed by atoms with Crippen molar-refractivity contribution in [3.8, 4) is 11.1 Å². The molecule has 0 amide bonds. The largest absolute Gasteiger partial charge is 0.416 e. The van der Waals surface area contributed by atoms with Gasteiger partial charge in [0, 0.05) is 17.3 Å². The first-order valence-corrected chi connectivity index (χ1v) is 5.19. The fourth-order valence-corrected chi connectivity index (χ4v) is 1.66. The number of alkyl halides is 3. The molecule has 1 aromatic heterocycles. The Hall–Kier alpha value is -2.24. The van der Waals surface area contributed by atoms with Crippen LogP contribution in [-0.2, 0) is 6.18 Å². The van der Waals surface area contributed by atoms with E-state index in [-0.39, 0.29) is 16.7 Å². The van der Waals surface area contributed by atoms with E-state index in [0.29, 0.717) is 6.29 Å². The van der Waals surface area contributed by atoms with Gasteiger partial charge in [-0.1, -0.05) is 6.07 Å². The molecular weight excluding hydrogens is 262 g/mol. The fraction of sp³-hybridized carbons (Fsp3) is 0.0769. The summed E-state index contributed by atoms with van der Waals surface area (Å²) < 4.78 is 50.6. The van der Waals surface area contributed by atoms with Crippen LogP contribution < -0.4 is 0 Å². The van der Waals surface area contributed by atoms with Crippen molar-refractivity contribution in [1.29, 1.82) is 0 Å². The van der Waals surface area contributed by atoms with Crippen molar-refractivity contribution in [1.82, 2.24) is 4.98 Å². The van der Waals surface area contributed by atoms with Crippen molar-refractivity contribution >= 4 is 6.29 Å². The molecular formula is C13H7F4NO. The lowest BCUT2D eigenvalue weighted by molar-refractivity contribution is -0.137. The molecule has 19 heavy (non-hydrogen) atoms. The van der Waals surface area contributed by atoms with Crippen molar-refractivity contribution in [2.24, 2.45) is 0 Å². The smallest absolute Gasteiger partial charge is 0.298 e. The van der Waals surface area contributed by atoms with Gasteiger partial charge in [-0.05, 0) is 23.8 Å². The lowest BCUT2D eigenvalue weighted by Gasteiger charge is -2.10. The fourth-order valence-electron chi connectivity index (χ4n) is 1.66. The van der Waals surface area contributed by atoms with Crippen molar-refractivity contribution < 1.29 is 22.4 Å². The first-order chi connectivity index (χ1) is 8.91. The van der Waals surface area contributed by atoms with Crippen LogP contribution in [0.25, 0.3) is 11.1 Å².